The van der Waals surface area contributed by atoms with E-state index in [2.05, 4.69) is 25.7 Å². The summed E-state index contributed by atoms with van der Waals surface area (Å²) < 4.78 is 0. The first-order chi connectivity index (χ1) is 11.9. The lowest BCUT2D eigenvalue weighted by Gasteiger charge is -2.36. The number of benzene rings is 1. The number of halogens is 1. The lowest BCUT2D eigenvalue weighted by atomic mass is 9.94. The maximum absolute atomic E-state index is 12.3. The summed E-state index contributed by atoms with van der Waals surface area (Å²) in [6, 6.07) is 7.92. The summed E-state index contributed by atoms with van der Waals surface area (Å²) in [5.74, 6) is 1.31. The van der Waals surface area contributed by atoms with Gasteiger partial charge in [0.15, 0.2) is 0 Å². The molecule has 1 aliphatic rings. The number of carbonyl (C=O) groups excluding carboxylic acids is 2. The zero-order chi connectivity index (χ0) is 18.8. The van der Waals surface area contributed by atoms with Crippen LogP contribution in [-0.4, -0.2) is 48.6 Å². The van der Waals surface area contributed by atoms with Crippen LogP contribution >= 0.6 is 11.6 Å². The number of anilines is 1. The highest BCUT2D eigenvalue weighted by Gasteiger charge is 2.23. The molecule has 0 aromatic heterocycles. The van der Waals surface area contributed by atoms with Gasteiger partial charge in [0, 0.05) is 43.3 Å². The molecule has 0 spiro atoms. The third-order valence-corrected chi connectivity index (χ3v) is 4.76. The summed E-state index contributed by atoms with van der Waals surface area (Å²) in [7, 11) is 0. The van der Waals surface area contributed by atoms with Crippen molar-refractivity contribution < 1.29 is 14.8 Å². The number of nitrogens with one attached hydrogen (secondary N) is 1. The highest BCUT2D eigenvalue weighted by atomic mass is 35.5. The minimum atomic E-state index is 0.181. The van der Waals surface area contributed by atoms with E-state index in [-0.39, 0.29) is 6.41 Å². The third kappa shape index (κ3) is 7.32. The van der Waals surface area contributed by atoms with Gasteiger partial charge in [-0.1, -0.05) is 32.4 Å². The maximum Gasteiger partial charge on any atom is 0.230 e. The Labute approximate surface area is 154 Å². The molecule has 1 unspecified atom stereocenters. The monoisotopic (exact) mass is 369 g/mol. The molecule has 1 aromatic carbocycles. The van der Waals surface area contributed by atoms with Gasteiger partial charge in [0.1, 0.15) is 0 Å². The van der Waals surface area contributed by atoms with Crippen LogP contribution in [0.4, 0.5) is 5.69 Å². The Balaban J connectivity index is 0.000000705. The summed E-state index contributed by atoms with van der Waals surface area (Å²) in [6.07, 6.45) is 0.846. The normalized spacial score (nSPS) is 15.3. The molecule has 2 amide bonds. The number of rotatable bonds is 5. The Kier molecular flexibility index (Phi) is 9.31. The van der Waals surface area contributed by atoms with E-state index in [0.717, 1.165) is 31.2 Å². The van der Waals surface area contributed by atoms with Crippen LogP contribution < -0.4 is 10.4 Å². The zero-order valence-corrected chi connectivity index (χ0v) is 15.9. The fraction of sp³-hybridized carbons (Fsp3) is 0.556. The van der Waals surface area contributed by atoms with E-state index in [1.165, 1.54) is 11.2 Å². The van der Waals surface area contributed by atoms with Crippen LogP contribution in [0.1, 0.15) is 27.2 Å². The third-order valence-electron chi connectivity index (χ3n) is 4.51. The molecule has 2 rings (SSSR count). The van der Waals surface area contributed by atoms with Gasteiger partial charge in [0.2, 0.25) is 12.3 Å². The van der Waals surface area contributed by atoms with E-state index >= 15 is 0 Å². The van der Waals surface area contributed by atoms with Crippen molar-refractivity contribution in [3.63, 3.8) is 0 Å². The van der Waals surface area contributed by atoms with Crippen LogP contribution in [0.3, 0.4) is 0 Å². The van der Waals surface area contributed by atoms with Crippen molar-refractivity contribution in [1.29, 1.82) is 0 Å². The Morgan fingerprint density at radius 1 is 1.20 bits per heavy atom. The molecule has 0 saturated carbocycles. The van der Waals surface area contributed by atoms with Crippen molar-refractivity contribution in [1.82, 2.24) is 10.4 Å². The lowest BCUT2D eigenvalue weighted by Crippen LogP contribution is -2.49. The van der Waals surface area contributed by atoms with Gasteiger partial charge in [0.25, 0.3) is 0 Å². The van der Waals surface area contributed by atoms with Crippen LogP contribution in [-0.2, 0) is 9.59 Å². The Morgan fingerprint density at radius 2 is 1.72 bits per heavy atom. The second-order valence-corrected chi connectivity index (χ2v) is 6.95. The standard InChI is InChI=1S/C17H25ClN2O.CH3NO2/c1-13(2)14(3)12-17(21)20-10-8-19(9-11-20)16-6-4-15(18)5-7-16;3-1-2-4/h4-7,13-14H,8-12H2,1-3H3;1,4H,(H,2,3). The molecule has 7 heteroatoms. The van der Waals surface area contributed by atoms with Crippen molar-refractivity contribution in [2.24, 2.45) is 11.8 Å². The van der Waals surface area contributed by atoms with Gasteiger partial charge in [-0.3, -0.25) is 14.8 Å². The molecule has 25 heavy (non-hydrogen) atoms. The zero-order valence-electron chi connectivity index (χ0n) is 15.1. The number of hydrogen-bond acceptors (Lipinski definition) is 4. The van der Waals surface area contributed by atoms with Crippen molar-refractivity contribution in [2.45, 2.75) is 27.2 Å². The average molecular weight is 370 g/mol. The van der Waals surface area contributed by atoms with E-state index in [0.29, 0.717) is 24.2 Å². The molecule has 2 N–H and O–H groups in total. The van der Waals surface area contributed by atoms with Gasteiger partial charge in [-0.25, -0.2) is 5.48 Å². The minimum absolute atomic E-state index is 0.181. The van der Waals surface area contributed by atoms with Gasteiger partial charge in [0.05, 0.1) is 0 Å². The van der Waals surface area contributed by atoms with Crippen molar-refractivity contribution in [3.05, 3.63) is 29.3 Å². The summed E-state index contributed by atoms with van der Waals surface area (Å²) in [4.78, 5) is 25.4. The van der Waals surface area contributed by atoms with Crippen LogP contribution in [0.2, 0.25) is 5.02 Å². The number of hydrogen-bond donors (Lipinski definition) is 2. The number of amides is 2. The SMILES string of the molecule is CC(C)C(C)CC(=O)N1CCN(c2ccc(Cl)cc2)CC1.O=CNO. The summed E-state index contributed by atoms with van der Waals surface area (Å²) in [6.45, 7) is 9.92. The van der Waals surface area contributed by atoms with Crippen LogP contribution in [0, 0.1) is 11.8 Å². The van der Waals surface area contributed by atoms with Crippen LogP contribution in [0.15, 0.2) is 24.3 Å². The first-order valence-corrected chi connectivity index (χ1v) is 8.88. The quantitative estimate of drug-likeness (QED) is 0.475. The summed E-state index contributed by atoms with van der Waals surface area (Å²) in [5.41, 5.74) is 2.43. The van der Waals surface area contributed by atoms with Crippen molar-refractivity contribution >= 4 is 29.6 Å². The second kappa shape index (κ2) is 10.9. The smallest absolute Gasteiger partial charge is 0.230 e. The maximum atomic E-state index is 12.3. The molecule has 1 aliphatic heterocycles. The van der Waals surface area contributed by atoms with E-state index in [1.54, 1.807) is 0 Å². The molecule has 140 valence electrons. The fourth-order valence-electron chi connectivity index (χ4n) is 2.51. The molecule has 1 saturated heterocycles. The summed E-state index contributed by atoms with van der Waals surface area (Å²) in [5, 5.41) is 8.02. The molecule has 0 bridgehead atoms. The largest absolute Gasteiger partial charge is 0.368 e. The molecule has 1 heterocycles. The first kappa shape index (κ1) is 21.3. The number of piperazine rings is 1. The molecule has 0 radical (unpaired) electrons. The van der Waals surface area contributed by atoms with E-state index in [1.807, 2.05) is 29.2 Å². The number of hydroxylamine groups is 1. The van der Waals surface area contributed by atoms with Gasteiger partial charge in [-0.05, 0) is 36.1 Å². The van der Waals surface area contributed by atoms with E-state index < -0.39 is 0 Å². The van der Waals surface area contributed by atoms with Gasteiger partial charge >= 0.3 is 0 Å². The topological polar surface area (TPSA) is 72.9 Å². The minimum Gasteiger partial charge on any atom is -0.368 e. The van der Waals surface area contributed by atoms with Gasteiger partial charge < -0.3 is 9.80 Å². The highest BCUT2D eigenvalue weighted by Crippen LogP contribution is 2.21. The van der Waals surface area contributed by atoms with Crippen LogP contribution in [0.25, 0.3) is 0 Å². The molecular formula is C18H28ClN3O3. The fourth-order valence-corrected chi connectivity index (χ4v) is 2.63. The number of nitrogens with zero attached hydrogens (tertiary/aromatic N) is 2. The predicted molar refractivity (Wildman–Crippen MR) is 99.9 cm³/mol. The van der Waals surface area contributed by atoms with Gasteiger partial charge in [-0.2, -0.15) is 0 Å². The predicted octanol–water partition coefficient (Wildman–Crippen LogP) is 2.79. The molecule has 0 aliphatic carbocycles. The van der Waals surface area contributed by atoms with Crippen molar-refractivity contribution in [3.8, 4) is 0 Å². The second-order valence-electron chi connectivity index (χ2n) is 6.52. The average Bonchev–Trinajstić information content (AvgIpc) is 2.62. The van der Waals surface area contributed by atoms with E-state index in [4.69, 9.17) is 21.6 Å². The van der Waals surface area contributed by atoms with Gasteiger partial charge in [-0.15, -0.1) is 0 Å². The van der Waals surface area contributed by atoms with Crippen LogP contribution in [0.5, 0.6) is 0 Å². The Bertz CT molecular complexity index is 529. The molecule has 6 nitrogen and oxygen atoms in total. The Morgan fingerprint density at radius 3 is 2.16 bits per heavy atom. The molecule has 1 aromatic rings. The Hall–Kier alpha value is -1.79. The molecular weight excluding hydrogens is 342 g/mol. The first-order valence-electron chi connectivity index (χ1n) is 8.50. The summed E-state index contributed by atoms with van der Waals surface area (Å²) >= 11 is 5.92. The molecule has 1 atom stereocenters. The molecule has 1 fully saturated rings. The number of carbonyl (C=O) groups is 2. The van der Waals surface area contributed by atoms with E-state index in [9.17, 15) is 4.79 Å². The highest BCUT2D eigenvalue weighted by molar-refractivity contribution is 6.30. The van der Waals surface area contributed by atoms with Crippen molar-refractivity contribution in [2.75, 3.05) is 31.1 Å². The lowest BCUT2D eigenvalue weighted by molar-refractivity contribution is -0.132.